The fourth-order valence-electron chi connectivity index (χ4n) is 3.16. The molecule has 0 radical (unpaired) electrons. The van der Waals surface area contributed by atoms with Gasteiger partial charge in [-0.2, -0.15) is 8.78 Å². The minimum absolute atomic E-state index is 0.0547. The Morgan fingerprint density at radius 3 is 2.21 bits per heavy atom. The molecular weight excluding hydrogens is 372 g/mol. The molecule has 1 aliphatic heterocycles. The lowest BCUT2D eigenvalue weighted by molar-refractivity contribution is -0.130. The number of hydrogen-bond acceptors (Lipinski definition) is 5. The zero-order chi connectivity index (χ0) is 20.3. The highest BCUT2D eigenvalue weighted by Gasteiger charge is 2.41. The number of benzene rings is 2. The Morgan fingerprint density at radius 1 is 1.07 bits per heavy atom. The van der Waals surface area contributed by atoms with E-state index in [1.807, 2.05) is 0 Å². The molecule has 2 atom stereocenters. The van der Waals surface area contributed by atoms with Crippen molar-refractivity contribution >= 4 is 5.91 Å². The Hall–Kier alpha value is -2.87. The summed E-state index contributed by atoms with van der Waals surface area (Å²) in [6.45, 7) is -0.983. The van der Waals surface area contributed by atoms with Crippen LogP contribution in [0.1, 0.15) is 24.3 Å². The van der Waals surface area contributed by atoms with Crippen molar-refractivity contribution in [1.82, 2.24) is 4.90 Å². The molecule has 1 saturated heterocycles. The van der Waals surface area contributed by atoms with Gasteiger partial charge in [-0.25, -0.2) is 0 Å². The van der Waals surface area contributed by atoms with Crippen LogP contribution < -0.4 is 14.2 Å². The van der Waals surface area contributed by atoms with Gasteiger partial charge in [0.15, 0.2) is 6.23 Å². The highest BCUT2D eigenvalue weighted by Crippen LogP contribution is 2.42. The van der Waals surface area contributed by atoms with Gasteiger partial charge in [0.2, 0.25) is 0 Å². The van der Waals surface area contributed by atoms with Crippen LogP contribution in [-0.4, -0.2) is 37.7 Å². The molecule has 0 saturated carbocycles. The summed E-state index contributed by atoms with van der Waals surface area (Å²) in [7, 11) is 3.06. The van der Waals surface area contributed by atoms with E-state index < -0.39 is 18.9 Å². The van der Waals surface area contributed by atoms with Crippen LogP contribution >= 0.6 is 0 Å². The number of hydrogen-bond donors (Lipinski definition) is 0. The van der Waals surface area contributed by atoms with Crippen LogP contribution in [0, 0.1) is 0 Å². The van der Waals surface area contributed by atoms with E-state index in [0.29, 0.717) is 17.1 Å². The third-order valence-corrected chi connectivity index (χ3v) is 4.46. The Labute approximate surface area is 161 Å². The molecule has 6 nitrogen and oxygen atoms in total. The Kier molecular flexibility index (Phi) is 5.99. The predicted molar refractivity (Wildman–Crippen MR) is 96.5 cm³/mol. The molecular formula is C20H21F2NO5. The summed E-state index contributed by atoms with van der Waals surface area (Å²) in [5.74, 6) is 0.943. The lowest BCUT2D eigenvalue weighted by Crippen LogP contribution is -2.30. The monoisotopic (exact) mass is 393 g/mol. The maximum Gasteiger partial charge on any atom is 0.387 e. The van der Waals surface area contributed by atoms with Gasteiger partial charge in [-0.15, -0.1) is 0 Å². The third-order valence-electron chi connectivity index (χ3n) is 4.46. The van der Waals surface area contributed by atoms with E-state index >= 15 is 0 Å². The summed E-state index contributed by atoms with van der Waals surface area (Å²) in [6.07, 6.45) is -1.34. The molecule has 8 heteroatoms. The van der Waals surface area contributed by atoms with E-state index in [9.17, 15) is 13.6 Å². The molecule has 0 N–H and O–H groups in total. The highest BCUT2D eigenvalue weighted by molar-refractivity contribution is 5.83. The van der Waals surface area contributed by atoms with Gasteiger partial charge >= 0.3 is 6.61 Å². The van der Waals surface area contributed by atoms with E-state index in [2.05, 4.69) is 4.74 Å². The topological polar surface area (TPSA) is 57.2 Å². The normalized spacial score (nSPS) is 19.2. The number of carbonyl (C=O) groups excluding carboxylic acids is 1. The molecule has 0 aliphatic carbocycles. The maximum atomic E-state index is 12.7. The van der Waals surface area contributed by atoms with Gasteiger partial charge in [0, 0.05) is 6.54 Å². The van der Waals surface area contributed by atoms with Crippen molar-refractivity contribution in [3.8, 4) is 17.2 Å². The van der Waals surface area contributed by atoms with E-state index in [-0.39, 0.29) is 18.2 Å². The first-order chi connectivity index (χ1) is 13.4. The number of carbonyl (C=O) groups is 1. The van der Waals surface area contributed by atoms with Crippen LogP contribution in [-0.2, 0) is 16.1 Å². The van der Waals surface area contributed by atoms with E-state index in [1.54, 1.807) is 42.2 Å². The van der Waals surface area contributed by atoms with Gasteiger partial charge < -0.3 is 23.8 Å². The Bertz CT molecular complexity index is 806. The van der Waals surface area contributed by atoms with Gasteiger partial charge in [-0.1, -0.05) is 18.2 Å². The summed E-state index contributed by atoms with van der Waals surface area (Å²) < 4.78 is 45.7. The molecule has 1 amide bonds. The van der Waals surface area contributed by atoms with Crippen LogP contribution in [0.4, 0.5) is 8.78 Å². The zero-order valence-corrected chi connectivity index (χ0v) is 15.7. The standard InChI is InChI=1S/C20H21F2NO5/c1-12-18(24)23(11-13-7-9-14(10-8-13)28-20(21)22)19(27-12)17-15(25-2)5-4-6-16(17)26-3/h4-10,12,19-20H,11H2,1-3H3/t12?,19-/m1/s1. The highest BCUT2D eigenvalue weighted by atomic mass is 19.3. The first-order valence-electron chi connectivity index (χ1n) is 8.65. The van der Waals surface area contributed by atoms with Gasteiger partial charge in [0.1, 0.15) is 23.4 Å². The molecule has 0 aromatic heterocycles. The summed E-state index contributed by atoms with van der Waals surface area (Å²) in [4.78, 5) is 14.3. The number of alkyl halides is 2. The summed E-state index contributed by atoms with van der Waals surface area (Å²) in [5.41, 5.74) is 1.36. The fourth-order valence-corrected chi connectivity index (χ4v) is 3.16. The van der Waals surface area contributed by atoms with E-state index in [0.717, 1.165) is 5.56 Å². The molecule has 0 spiro atoms. The molecule has 150 valence electrons. The molecule has 3 rings (SSSR count). The smallest absolute Gasteiger partial charge is 0.387 e. The average molecular weight is 393 g/mol. The molecule has 28 heavy (non-hydrogen) atoms. The number of nitrogens with zero attached hydrogens (tertiary/aromatic N) is 1. The minimum Gasteiger partial charge on any atom is -0.496 e. The van der Waals surface area contributed by atoms with Crippen LogP contribution in [0.3, 0.4) is 0 Å². The van der Waals surface area contributed by atoms with Crippen molar-refractivity contribution in [2.75, 3.05) is 14.2 Å². The van der Waals surface area contributed by atoms with Crippen molar-refractivity contribution in [1.29, 1.82) is 0 Å². The molecule has 1 heterocycles. The Balaban J connectivity index is 1.90. The summed E-state index contributed by atoms with van der Waals surface area (Å²) in [5, 5.41) is 0. The first-order valence-corrected chi connectivity index (χ1v) is 8.65. The average Bonchev–Trinajstić information content (AvgIpc) is 2.96. The molecule has 0 bridgehead atoms. The SMILES string of the molecule is COc1cccc(OC)c1[C@H]1OC(C)C(=O)N1Cc1ccc(OC(F)F)cc1. The summed E-state index contributed by atoms with van der Waals surface area (Å²) >= 11 is 0. The van der Waals surface area contributed by atoms with Crippen LogP contribution in [0.5, 0.6) is 17.2 Å². The largest absolute Gasteiger partial charge is 0.496 e. The second-order valence-electron chi connectivity index (χ2n) is 6.20. The van der Waals surface area contributed by atoms with E-state index in [1.165, 1.54) is 26.4 Å². The molecule has 1 unspecified atom stereocenters. The molecule has 1 aliphatic rings. The number of ether oxygens (including phenoxy) is 4. The number of rotatable bonds is 7. The van der Waals surface area contributed by atoms with Gasteiger partial charge in [0.25, 0.3) is 5.91 Å². The third kappa shape index (κ3) is 4.01. The van der Waals surface area contributed by atoms with Crippen molar-refractivity contribution < 1.29 is 32.5 Å². The first kappa shape index (κ1) is 19.9. The van der Waals surface area contributed by atoms with Crippen LogP contribution in [0.2, 0.25) is 0 Å². The number of amides is 1. The second-order valence-corrected chi connectivity index (χ2v) is 6.20. The molecule has 2 aromatic rings. The lowest BCUT2D eigenvalue weighted by Gasteiger charge is -2.26. The summed E-state index contributed by atoms with van der Waals surface area (Å²) in [6, 6.07) is 11.4. The van der Waals surface area contributed by atoms with Gasteiger partial charge in [-0.05, 0) is 36.8 Å². The van der Waals surface area contributed by atoms with Crippen LogP contribution in [0.25, 0.3) is 0 Å². The quantitative estimate of drug-likeness (QED) is 0.717. The maximum absolute atomic E-state index is 12.7. The number of halogens is 2. The molecule has 1 fully saturated rings. The van der Waals surface area contributed by atoms with Crippen LogP contribution in [0.15, 0.2) is 42.5 Å². The second kappa shape index (κ2) is 8.43. The van der Waals surface area contributed by atoms with Crippen molar-refractivity contribution in [3.63, 3.8) is 0 Å². The zero-order valence-electron chi connectivity index (χ0n) is 15.7. The predicted octanol–water partition coefficient (Wildman–Crippen LogP) is 3.75. The number of methoxy groups -OCH3 is 2. The van der Waals surface area contributed by atoms with Gasteiger partial charge in [0.05, 0.1) is 19.8 Å². The molecule has 2 aromatic carbocycles. The van der Waals surface area contributed by atoms with E-state index in [4.69, 9.17) is 14.2 Å². The minimum atomic E-state index is -2.89. The van der Waals surface area contributed by atoms with Crippen molar-refractivity contribution in [2.24, 2.45) is 0 Å². The van der Waals surface area contributed by atoms with Crippen molar-refractivity contribution in [2.45, 2.75) is 32.4 Å². The van der Waals surface area contributed by atoms with Crippen molar-refractivity contribution in [3.05, 3.63) is 53.6 Å². The fraction of sp³-hybridized carbons (Fsp3) is 0.350. The Morgan fingerprint density at radius 2 is 1.68 bits per heavy atom. The lowest BCUT2D eigenvalue weighted by atomic mass is 10.1. The van der Waals surface area contributed by atoms with Gasteiger partial charge in [-0.3, -0.25) is 4.79 Å².